The zero-order valence-electron chi connectivity index (χ0n) is 9.52. The fourth-order valence-corrected chi connectivity index (χ4v) is 2.85. The molecule has 1 aliphatic heterocycles. The van der Waals surface area contributed by atoms with Crippen molar-refractivity contribution in [3.05, 3.63) is 10.0 Å². The van der Waals surface area contributed by atoms with Gasteiger partial charge in [0.05, 0.1) is 18.0 Å². The van der Waals surface area contributed by atoms with Gasteiger partial charge in [-0.2, -0.15) is 0 Å². The van der Waals surface area contributed by atoms with Gasteiger partial charge in [0.1, 0.15) is 5.15 Å². The molecule has 0 radical (unpaired) electrons. The summed E-state index contributed by atoms with van der Waals surface area (Å²) in [5.41, 5.74) is 0. The Bertz CT molecular complexity index is 424. The molecular formula is C10H14ClN3O2S. The first-order valence-corrected chi connectivity index (χ1v) is 6.56. The zero-order chi connectivity index (χ0) is 12.4. The lowest BCUT2D eigenvalue weighted by atomic mass is 10.4. The van der Waals surface area contributed by atoms with Crippen molar-refractivity contribution in [3.63, 3.8) is 0 Å². The number of carbonyl (C=O) groups is 1. The van der Waals surface area contributed by atoms with E-state index < -0.39 is 0 Å². The fraction of sp³-hybridized carbons (Fsp3) is 0.600. The fourth-order valence-electron chi connectivity index (χ4n) is 1.70. The van der Waals surface area contributed by atoms with Gasteiger partial charge >= 0.3 is 0 Å². The van der Waals surface area contributed by atoms with E-state index in [9.17, 15) is 4.79 Å². The molecule has 5 nitrogen and oxygen atoms in total. The molecule has 1 aromatic heterocycles. The third-order valence-electron chi connectivity index (χ3n) is 2.73. The molecule has 0 aliphatic carbocycles. The van der Waals surface area contributed by atoms with E-state index in [0.717, 1.165) is 19.5 Å². The van der Waals surface area contributed by atoms with E-state index in [0.29, 0.717) is 21.7 Å². The third-order valence-corrected chi connectivity index (χ3v) is 4.25. The molecule has 2 heterocycles. The molecule has 94 valence electrons. The monoisotopic (exact) mass is 275 g/mol. The summed E-state index contributed by atoms with van der Waals surface area (Å²) in [5.74, 6) is 0.0828. The lowest BCUT2D eigenvalue weighted by molar-refractivity contribution is -0.127. The second kappa shape index (κ2) is 5.20. The van der Waals surface area contributed by atoms with Crippen LogP contribution in [0.4, 0.5) is 5.13 Å². The summed E-state index contributed by atoms with van der Waals surface area (Å²) in [5, 5.41) is 10.1. The van der Waals surface area contributed by atoms with Crippen LogP contribution in [-0.4, -0.2) is 47.6 Å². The van der Waals surface area contributed by atoms with Crippen LogP contribution >= 0.6 is 22.9 Å². The quantitative estimate of drug-likeness (QED) is 0.873. The van der Waals surface area contributed by atoms with Gasteiger partial charge in [-0.15, -0.1) is 0 Å². The average Bonchev–Trinajstić information content (AvgIpc) is 2.60. The van der Waals surface area contributed by atoms with Gasteiger partial charge in [0.15, 0.2) is 5.13 Å². The smallest absolute Gasteiger partial charge is 0.241 e. The number of hydrogen-bond acceptors (Lipinski definition) is 5. The van der Waals surface area contributed by atoms with Crippen molar-refractivity contribution in [2.75, 3.05) is 31.6 Å². The van der Waals surface area contributed by atoms with Crippen LogP contribution < -0.4 is 4.90 Å². The van der Waals surface area contributed by atoms with Crippen LogP contribution in [-0.2, 0) is 11.4 Å². The molecular weight excluding hydrogens is 262 g/mol. The number of aliphatic hydroxyl groups is 1. The number of amides is 1. The maximum Gasteiger partial charge on any atom is 0.241 e. The number of likely N-dealkylation sites (N-methyl/N-ethyl adjacent to an activating group) is 1. The van der Waals surface area contributed by atoms with Gasteiger partial charge in [0.2, 0.25) is 5.91 Å². The molecule has 2 rings (SSSR count). The molecule has 0 unspecified atom stereocenters. The summed E-state index contributed by atoms with van der Waals surface area (Å²) < 4.78 is 0. The Morgan fingerprint density at radius 2 is 2.29 bits per heavy atom. The standard InChI is InChI=1S/C10H14ClN3O2S/c1-13-3-2-4-14(5-8(13)16)10-12-9(11)7(6-15)17-10/h15H,2-6H2,1H3. The van der Waals surface area contributed by atoms with Gasteiger partial charge in [0, 0.05) is 20.1 Å². The van der Waals surface area contributed by atoms with Crippen LogP contribution in [0.3, 0.4) is 0 Å². The number of aliphatic hydroxyl groups excluding tert-OH is 1. The van der Waals surface area contributed by atoms with E-state index in [4.69, 9.17) is 16.7 Å². The third kappa shape index (κ3) is 2.70. The second-order valence-electron chi connectivity index (χ2n) is 3.96. The van der Waals surface area contributed by atoms with Crippen LogP contribution in [0.25, 0.3) is 0 Å². The number of halogens is 1. The number of nitrogens with zero attached hydrogens (tertiary/aromatic N) is 3. The van der Waals surface area contributed by atoms with Crippen LogP contribution in [0.5, 0.6) is 0 Å². The van der Waals surface area contributed by atoms with Crippen molar-refractivity contribution in [1.29, 1.82) is 0 Å². The molecule has 1 saturated heterocycles. The zero-order valence-corrected chi connectivity index (χ0v) is 11.1. The Morgan fingerprint density at radius 3 is 2.94 bits per heavy atom. The lowest BCUT2D eigenvalue weighted by Gasteiger charge is -2.18. The Morgan fingerprint density at radius 1 is 1.53 bits per heavy atom. The molecule has 17 heavy (non-hydrogen) atoms. The molecule has 1 fully saturated rings. The summed E-state index contributed by atoms with van der Waals surface area (Å²) >= 11 is 7.23. The molecule has 0 aromatic carbocycles. The van der Waals surface area contributed by atoms with Gasteiger partial charge in [-0.1, -0.05) is 22.9 Å². The molecule has 0 spiro atoms. The number of rotatable bonds is 2. The van der Waals surface area contributed by atoms with Crippen LogP contribution in [0.15, 0.2) is 0 Å². The SMILES string of the molecule is CN1CCCN(c2nc(Cl)c(CO)s2)CC1=O. The first-order chi connectivity index (χ1) is 8.11. The van der Waals surface area contributed by atoms with E-state index in [1.54, 1.807) is 11.9 Å². The highest BCUT2D eigenvalue weighted by Gasteiger charge is 2.22. The normalized spacial score (nSPS) is 17.5. The van der Waals surface area contributed by atoms with Gasteiger partial charge in [-0.05, 0) is 6.42 Å². The molecule has 1 amide bonds. The largest absolute Gasteiger partial charge is 0.391 e. The summed E-state index contributed by atoms with van der Waals surface area (Å²) in [4.78, 5) is 20.2. The summed E-state index contributed by atoms with van der Waals surface area (Å²) in [6.07, 6.45) is 0.911. The van der Waals surface area contributed by atoms with Gasteiger partial charge < -0.3 is 14.9 Å². The maximum absolute atomic E-state index is 11.7. The second-order valence-corrected chi connectivity index (χ2v) is 5.38. The Labute approximate surface area is 109 Å². The van der Waals surface area contributed by atoms with Crippen molar-refractivity contribution in [1.82, 2.24) is 9.88 Å². The average molecular weight is 276 g/mol. The summed E-state index contributed by atoms with van der Waals surface area (Å²) in [6.45, 7) is 1.76. The topological polar surface area (TPSA) is 56.7 Å². The van der Waals surface area contributed by atoms with Crippen molar-refractivity contribution < 1.29 is 9.90 Å². The van der Waals surface area contributed by atoms with Crippen LogP contribution in [0.2, 0.25) is 5.15 Å². The Kier molecular flexibility index (Phi) is 3.86. The number of anilines is 1. The van der Waals surface area contributed by atoms with Gasteiger partial charge in [-0.3, -0.25) is 4.79 Å². The molecule has 1 aliphatic rings. The highest BCUT2D eigenvalue weighted by Crippen LogP contribution is 2.30. The highest BCUT2D eigenvalue weighted by molar-refractivity contribution is 7.16. The summed E-state index contributed by atoms with van der Waals surface area (Å²) in [6, 6.07) is 0. The molecule has 0 saturated carbocycles. The van der Waals surface area contributed by atoms with E-state index in [1.165, 1.54) is 11.3 Å². The minimum Gasteiger partial charge on any atom is -0.391 e. The van der Waals surface area contributed by atoms with Gasteiger partial charge in [0.25, 0.3) is 0 Å². The highest BCUT2D eigenvalue weighted by atomic mass is 35.5. The van der Waals surface area contributed by atoms with Crippen LogP contribution in [0, 0.1) is 0 Å². The predicted octanol–water partition coefficient (Wildman–Crippen LogP) is 0.957. The Balaban J connectivity index is 2.18. The number of aromatic nitrogens is 1. The maximum atomic E-state index is 11.7. The Hall–Kier alpha value is -0.850. The van der Waals surface area contributed by atoms with Crippen molar-refractivity contribution >= 4 is 34.0 Å². The first-order valence-electron chi connectivity index (χ1n) is 5.37. The minimum absolute atomic E-state index is 0.0828. The van der Waals surface area contributed by atoms with Crippen molar-refractivity contribution in [3.8, 4) is 0 Å². The first kappa shape index (κ1) is 12.6. The van der Waals surface area contributed by atoms with E-state index in [2.05, 4.69) is 4.98 Å². The molecule has 1 N–H and O–H groups in total. The predicted molar refractivity (Wildman–Crippen MR) is 67.5 cm³/mol. The number of hydrogen-bond donors (Lipinski definition) is 1. The number of thiazole rings is 1. The van der Waals surface area contributed by atoms with E-state index in [1.807, 2.05) is 4.90 Å². The van der Waals surface area contributed by atoms with Crippen molar-refractivity contribution in [2.24, 2.45) is 0 Å². The molecule has 7 heteroatoms. The summed E-state index contributed by atoms with van der Waals surface area (Å²) in [7, 11) is 1.81. The lowest BCUT2D eigenvalue weighted by Crippen LogP contribution is -2.34. The van der Waals surface area contributed by atoms with Gasteiger partial charge in [-0.25, -0.2) is 4.98 Å². The minimum atomic E-state index is -0.113. The molecule has 0 bridgehead atoms. The molecule has 0 atom stereocenters. The molecule has 1 aromatic rings. The number of carbonyl (C=O) groups excluding carboxylic acids is 1. The van der Waals surface area contributed by atoms with E-state index in [-0.39, 0.29) is 12.5 Å². The van der Waals surface area contributed by atoms with Crippen molar-refractivity contribution in [2.45, 2.75) is 13.0 Å². The van der Waals surface area contributed by atoms with Crippen LogP contribution in [0.1, 0.15) is 11.3 Å². The van der Waals surface area contributed by atoms with E-state index >= 15 is 0 Å².